The van der Waals surface area contributed by atoms with Crippen molar-refractivity contribution in [3.8, 4) is 0 Å². The van der Waals surface area contributed by atoms with Crippen molar-refractivity contribution in [3.63, 3.8) is 0 Å². The van der Waals surface area contributed by atoms with Gasteiger partial charge in [-0.2, -0.15) is 0 Å². The zero-order valence-electron chi connectivity index (χ0n) is 12.2. The predicted octanol–water partition coefficient (Wildman–Crippen LogP) is 0.799. The molecule has 1 aliphatic rings. The second-order valence-corrected chi connectivity index (χ2v) is 5.34. The third-order valence-corrected chi connectivity index (χ3v) is 3.66. The van der Waals surface area contributed by atoms with Crippen LogP contribution in [0.5, 0.6) is 0 Å². The van der Waals surface area contributed by atoms with E-state index in [1.807, 2.05) is 6.92 Å². The van der Waals surface area contributed by atoms with E-state index >= 15 is 0 Å². The first-order chi connectivity index (χ1) is 9.14. The Labute approximate surface area is 115 Å². The number of piperidine rings is 1. The monoisotopic (exact) mass is 269 g/mol. The van der Waals surface area contributed by atoms with E-state index in [1.54, 1.807) is 0 Å². The van der Waals surface area contributed by atoms with E-state index in [-0.39, 0.29) is 23.8 Å². The number of hydrogen-bond acceptors (Lipinski definition) is 3. The Morgan fingerprint density at radius 3 is 2.58 bits per heavy atom. The summed E-state index contributed by atoms with van der Waals surface area (Å²) < 4.78 is 0. The fourth-order valence-electron chi connectivity index (χ4n) is 2.64. The molecule has 1 unspecified atom stereocenters. The number of rotatable bonds is 7. The SMILES string of the molecule is CCCNC(=O)CNC(=O)C1(CCC)CCCNC1. The van der Waals surface area contributed by atoms with Gasteiger partial charge in [0.25, 0.3) is 0 Å². The van der Waals surface area contributed by atoms with Crippen LogP contribution in [-0.4, -0.2) is 38.0 Å². The first-order valence-corrected chi connectivity index (χ1v) is 7.40. The van der Waals surface area contributed by atoms with Crippen LogP contribution in [0.1, 0.15) is 46.0 Å². The Kier molecular flexibility index (Phi) is 6.84. The van der Waals surface area contributed by atoms with Gasteiger partial charge in [-0.3, -0.25) is 9.59 Å². The molecule has 1 atom stereocenters. The Morgan fingerprint density at radius 1 is 1.21 bits per heavy atom. The van der Waals surface area contributed by atoms with Crippen LogP contribution >= 0.6 is 0 Å². The Bertz CT molecular complexity index is 294. The summed E-state index contributed by atoms with van der Waals surface area (Å²) >= 11 is 0. The van der Waals surface area contributed by atoms with Gasteiger partial charge in [0.05, 0.1) is 12.0 Å². The van der Waals surface area contributed by atoms with Crippen LogP contribution in [-0.2, 0) is 9.59 Å². The second-order valence-electron chi connectivity index (χ2n) is 5.34. The van der Waals surface area contributed by atoms with Crippen molar-refractivity contribution < 1.29 is 9.59 Å². The van der Waals surface area contributed by atoms with Crippen LogP contribution < -0.4 is 16.0 Å². The molecule has 1 rings (SSSR count). The van der Waals surface area contributed by atoms with Crippen molar-refractivity contribution in [1.82, 2.24) is 16.0 Å². The molecule has 1 saturated heterocycles. The van der Waals surface area contributed by atoms with Gasteiger partial charge in [-0.05, 0) is 32.2 Å². The Morgan fingerprint density at radius 2 is 2.00 bits per heavy atom. The molecule has 1 fully saturated rings. The lowest BCUT2D eigenvalue weighted by atomic mass is 9.76. The Balaban J connectivity index is 2.46. The summed E-state index contributed by atoms with van der Waals surface area (Å²) in [6.45, 7) is 6.56. The molecule has 0 saturated carbocycles. The summed E-state index contributed by atoms with van der Waals surface area (Å²) in [6, 6.07) is 0. The number of carbonyl (C=O) groups is 2. The topological polar surface area (TPSA) is 70.2 Å². The summed E-state index contributed by atoms with van der Waals surface area (Å²) in [6.07, 6.45) is 4.70. The average molecular weight is 269 g/mol. The van der Waals surface area contributed by atoms with Crippen molar-refractivity contribution in [2.75, 3.05) is 26.2 Å². The lowest BCUT2D eigenvalue weighted by Gasteiger charge is -2.36. The van der Waals surface area contributed by atoms with Gasteiger partial charge in [-0.1, -0.05) is 20.3 Å². The quantitative estimate of drug-likeness (QED) is 0.640. The van der Waals surface area contributed by atoms with E-state index in [1.165, 1.54) is 0 Å². The third-order valence-electron chi connectivity index (χ3n) is 3.66. The summed E-state index contributed by atoms with van der Waals surface area (Å²) in [5, 5.41) is 8.86. The highest BCUT2D eigenvalue weighted by Gasteiger charge is 2.38. The van der Waals surface area contributed by atoms with E-state index in [2.05, 4.69) is 22.9 Å². The molecule has 1 aliphatic heterocycles. The van der Waals surface area contributed by atoms with Gasteiger partial charge in [-0.25, -0.2) is 0 Å². The maximum absolute atomic E-state index is 12.4. The molecule has 19 heavy (non-hydrogen) atoms. The van der Waals surface area contributed by atoms with Gasteiger partial charge >= 0.3 is 0 Å². The van der Waals surface area contributed by atoms with Crippen molar-refractivity contribution in [2.45, 2.75) is 46.0 Å². The summed E-state index contributed by atoms with van der Waals surface area (Å²) in [4.78, 5) is 23.9. The van der Waals surface area contributed by atoms with Gasteiger partial charge in [0.1, 0.15) is 0 Å². The smallest absolute Gasteiger partial charge is 0.239 e. The number of amides is 2. The van der Waals surface area contributed by atoms with Crippen LogP contribution in [0, 0.1) is 5.41 Å². The highest BCUT2D eigenvalue weighted by molar-refractivity contribution is 5.88. The summed E-state index contributed by atoms with van der Waals surface area (Å²) in [5.41, 5.74) is -0.321. The largest absolute Gasteiger partial charge is 0.355 e. The van der Waals surface area contributed by atoms with Crippen LogP contribution in [0.3, 0.4) is 0 Å². The lowest BCUT2D eigenvalue weighted by Crippen LogP contribution is -2.52. The highest BCUT2D eigenvalue weighted by atomic mass is 16.2. The number of carbonyl (C=O) groups excluding carboxylic acids is 2. The average Bonchev–Trinajstić information content (AvgIpc) is 2.43. The lowest BCUT2D eigenvalue weighted by molar-refractivity contribution is -0.134. The molecule has 0 radical (unpaired) electrons. The highest BCUT2D eigenvalue weighted by Crippen LogP contribution is 2.31. The maximum atomic E-state index is 12.4. The van der Waals surface area contributed by atoms with Crippen molar-refractivity contribution in [3.05, 3.63) is 0 Å². The maximum Gasteiger partial charge on any atom is 0.239 e. The van der Waals surface area contributed by atoms with Crippen LogP contribution in [0.2, 0.25) is 0 Å². The van der Waals surface area contributed by atoms with E-state index in [4.69, 9.17) is 0 Å². The molecule has 0 aromatic rings. The molecular weight excluding hydrogens is 242 g/mol. The molecule has 0 aliphatic carbocycles. The zero-order valence-corrected chi connectivity index (χ0v) is 12.2. The van der Waals surface area contributed by atoms with E-state index < -0.39 is 0 Å². The molecule has 0 spiro atoms. The molecule has 110 valence electrons. The minimum atomic E-state index is -0.321. The molecule has 3 N–H and O–H groups in total. The van der Waals surface area contributed by atoms with Crippen molar-refractivity contribution >= 4 is 11.8 Å². The third kappa shape index (κ3) is 4.82. The first-order valence-electron chi connectivity index (χ1n) is 7.40. The van der Waals surface area contributed by atoms with E-state index in [0.717, 1.165) is 45.2 Å². The second kappa shape index (κ2) is 8.15. The molecule has 0 bridgehead atoms. The molecule has 1 heterocycles. The molecule has 5 heteroatoms. The van der Waals surface area contributed by atoms with Crippen LogP contribution in [0.25, 0.3) is 0 Å². The van der Waals surface area contributed by atoms with Gasteiger partial charge in [0, 0.05) is 13.1 Å². The number of hydrogen-bond donors (Lipinski definition) is 3. The van der Waals surface area contributed by atoms with Gasteiger partial charge in [0.2, 0.25) is 11.8 Å². The zero-order chi connectivity index (χ0) is 14.1. The fourth-order valence-corrected chi connectivity index (χ4v) is 2.64. The van der Waals surface area contributed by atoms with Gasteiger partial charge in [0.15, 0.2) is 0 Å². The minimum Gasteiger partial charge on any atom is -0.355 e. The standard InChI is InChI=1S/C14H27N3O2/c1-3-6-14(7-5-9-15-11-14)13(19)17-10-12(18)16-8-4-2/h15H,3-11H2,1-2H3,(H,16,18)(H,17,19). The van der Waals surface area contributed by atoms with Gasteiger partial charge < -0.3 is 16.0 Å². The summed E-state index contributed by atoms with van der Waals surface area (Å²) in [5.74, 6) is -0.0844. The Hall–Kier alpha value is -1.10. The molecule has 2 amide bonds. The molecule has 0 aromatic heterocycles. The summed E-state index contributed by atoms with van der Waals surface area (Å²) in [7, 11) is 0. The van der Waals surface area contributed by atoms with E-state index in [9.17, 15) is 9.59 Å². The molecule has 5 nitrogen and oxygen atoms in total. The predicted molar refractivity (Wildman–Crippen MR) is 75.8 cm³/mol. The molecular formula is C14H27N3O2. The fraction of sp³-hybridized carbons (Fsp3) is 0.857. The van der Waals surface area contributed by atoms with Crippen LogP contribution in [0.15, 0.2) is 0 Å². The van der Waals surface area contributed by atoms with Crippen molar-refractivity contribution in [2.24, 2.45) is 5.41 Å². The van der Waals surface area contributed by atoms with Crippen molar-refractivity contribution in [1.29, 1.82) is 0 Å². The van der Waals surface area contributed by atoms with E-state index in [0.29, 0.717) is 6.54 Å². The normalized spacial score (nSPS) is 22.8. The van der Waals surface area contributed by atoms with Gasteiger partial charge in [-0.15, -0.1) is 0 Å². The number of nitrogens with one attached hydrogen (secondary N) is 3. The minimum absolute atomic E-state index is 0.0215. The molecule has 0 aromatic carbocycles. The van der Waals surface area contributed by atoms with Crippen LogP contribution in [0.4, 0.5) is 0 Å². The first kappa shape index (κ1) is 16.0.